The first kappa shape index (κ1) is 15.1. The number of anilines is 1. The Balaban J connectivity index is 1.80. The van der Waals surface area contributed by atoms with Crippen molar-refractivity contribution in [2.75, 3.05) is 18.5 Å². The number of carbonyl (C=O) groups is 1. The fraction of sp³-hybridized carbons (Fsp3) is 0.278. The maximum Gasteiger partial charge on any atom is 0.222 e. The fourth-order valence-corrected chi connectivity index (χ4v) is 2.22. The average molecular weight is 282 g/mol. The first-order chi connectivity index (χ1) is 10.2. The highest BCUT2D eigenvalue weighted by Crippen LogP contribution is 2.13. The molecule has 0 aliphatic rings. The molecule has 0 aliphatic carbocycles. The molecule has 1 N–H and O–H groups in total. The van der Waals surface area contributed by atoms with Crippen LogP contribution in [0, 0.1) is 0 Å². The van der Waals surface area contributed by atoms with Gasteiger partial charge in [0.05, 0.1) is 6.04 Å². The number of nitrogens with one attached hydrogen (secondary N) is 1. The molecule has 3 nitrogen and oxygen atoms in total. The van der Waals surface area contributed by atoms with E-state index < -0.39 is 0 Å². The fourth-order valence-electron chi connectivity index (χ4n) is 2.22. The highest BCUT2D eigenvalue weighted by Gasteiger charge is 2.10. The van der Waals surface area contributed by atoms with E-state index in [4.69, 9.17) is 0 Å². The third kappa shape index (κ3) is 4.63. The molecule has 0 aliphatic heterocycles. The summed E-state index contributed by atoms with van der Waals surface area (Å²) in [5.74, 6) is 0.0779. The second-order valence-electron chi connectivity index (χ2n) is 5.21. The molecule has 0 heterocycles. The van der Waals surface area contributed by atoms with Gasteiger partial charge in [-0.2, -0.15) is 0 Å². The lowest BCUT2D eigenvalue weighted by Gasteiger charge is -2.20. The number of amides is 1. The largest absolute Gasteiger partial charge is 0.374 e. The standard InChI is InChI=1S/C18H22N2O/c1-15(16-9-5-3-6-10-16)19-18(21)13-14-20(2)17-11-7-4-8-12-17/h3-12,15H,13-14H2,1-2H3,(H,19,21). The third-order valence-electron chi connectivity index (χ3n) is 3.55. The Morgan fingerprint density at radius 1 is 1.05 bits per heavy atom. The van der Waals surface area contributed by atoms with E-state index in [1.165, 1.54) is 0 Å². The predicted octanol–water partition coefficient (Wildman–Crippen LogP) is 3.39. The normalized spacial score (nSPS) is 11.7. The summed E-state index contributed by atoms with van der Waals surface area (Å²) in [6.45, 7) is 2.71. The van der Waals surface area contributed by atoms with Crippen molar-refractivity contribution in [3.63, 3.8) is 0 Å². The van der Waals surface area contributed by atoms with Crippen molar-refractivity contribution in [2.45, 2.75) is 19.4 Å². The summed E-state index contributed by atoms with van der Waals surface area (Å²) < 4.78 is 0. The number of hydrogen-bond acceptors (Lipinski definition) is 2. The molecular formula is C18H22N2O. The minimum atomic E-state index is 0.0423. The maximum atomic E-state index is 12.0. The molecule has 3 heteroatoms. The average Bonchev–Trinajstić information content (AvgIpc) is 2.54. The van der Waals surface area contributed by atoms with Crippen molar-refractivity contribution < 1.29 is 4.79 Å². The third-order valence-corrected chi connectivity index (χ3v) is 3.55. The summed E-state index contributed by atoms with van der Waals surface area (Å²) in [7, 11) is 2.00. The van der Waals surface area contributed by atoms with Crippen LogP contribution in [0.25, 0.3) is 0 Å². The minimum absolute atomic E-state index is 0.0423. The molecule has 2 aromatic rings. The van der Waals surface area contributed by atoms with E-state index in [0.29, 0.717) is 13.0 Å². The van der Waals surface area contributed by atoms with Crippen LogP contribution in [0.4, 0.5) is 5.69 Å². The topological polar surface area (TPSA) is 32.3 Å². The van der Waals surface area contributed by atoms with Crippen molar-refractivity contribution in [2.24, 2.45) is 0 Å². The van der Waals surface area contributed by atoms with E-state index in [1.54, 1.807) is 0 Å². The monoisotopic (exact) mass is 282 g/mol. The number of benzene rings is 2. The van der Waals surface area contributed by atoms with Gasteiger partial charge in [0.2, 0.25) is 5.91 Å². The molecule has 1 amide bonds. The van der Waals surface area contributed by atoms with E-state index in [0.717, 1.165) is 11.3 Å². The molecule has 21 heavy (non-hydrogen) atoms. The first-order valence-electron chi connectivity index (χ1n) is 7.27. The number of para-hydroxylation sites is 1. The maximum absolute atomic E-state index is 12.0. The molecular weight excluding hydrogens is 260 g/mol. The summed E-state index contributed by atoms with van der Waals surface area (Å²) in [4.78, 5) is 14.1. The quantitative estimate of drug-likeness (QED) is 0.881. The first-order valence-corrected chi connectivity index (χ1v) is 7.27. The van der Waals surface area contributed by atoms with Gasteiger partial charge in [0.15, 0.2) is 0 Å². The van der Waals surface area contributed by atoms with E-state index in [2.05, 4.69) is 10.2 Å². The zero-order chi connectivity index (χ0) is 15.1. The number of nitrogens with zero attached hydrogens (tertiary/aromatic N) is 1. The Bertz CT molecular complexity index is 554. The number of rotatable bonds is 6. The van der Waals surface area contributed by atoms with Gasteiger partial charge in [-0.15, -0.1) is 0 Å². The van der Waals surface area contributed by atoms with Crippen LogP contribution in [0.1, 0.15) is 24.9 Å². The lowest BCUT2D eigenvalue weighted by atomic mass is 10.1. The van der Waals surface area contributed by atoms with Gasteiger partial charge in [0.25, 0.3) is 0 Å². The van der Waals surface area contributed by atoms with E-state index >= 15 is 0 Å². The second kappa shape index (κ2) is 7.48. The van der Waals surface area contributed by atoms with Crippen LogP contribution in [0.2, 0.25) is 0 Å². The smallest absolute Gasteiger partial charge is 0.222 e. The minimum Gasteiger partial charge on any atom is -0.374 e. The Morgan fingerprint density at radius 3 is 2.24 bits per heavy atom. The second-order valence-corrected chi connectivity index (χ2v) is 5.21. The highest BCUT2D eigenvalue weighted by molar-refractivity contribution is 5.77. The zero-order valence-electron chi connectivity index (χ0n) is 12.6. The Morgan fingerprint density at radius 2 is 1.62 bits per heavy atom. The molecule has 1 unspecified atom stereocenters. The summed E-state index contributed by atoms with van der Waals surface area (Å²) >= 11 is 0. The molecule has 0 fully saturated rings. The SMILES string of the molecule is CC(NC(=O)CCN(C)c1ccccc1)c1ccccc1. The molecule has 0 spiro atoms. The molecule has 0 saturated heterocycles. The van der Waals surface area contributed by atoms with E-state index in [1.807, 2.05) is 74.6 Å². The van der Waals surface area contributed by atoms with Gasteiger partial charge in [-0.05, 0) is 24.6 Å². The summed E-state index contributed by atoms with van der Waals surface area (Å²) in [5.41, 5.74) is 2.25. The van der Waals surface area contributed by atoms with Crippen molar-refractivity contribution in [3.05, 3.63) is 66.2 Å². The highest BCUT2D eigenvalue weighted by atomic mass is 16.1. The molecule has 0 saturated carbocycles. The molecule has 2 rings (SSSR count). The predicted molar refractivity (Wildman–Crippen MR) is 87.3 cm³/mol. The van der Waals surface area contributed by atoms with Gasteiger partial charge in [-0.3, -0.25) is 4.79 Å². The van der Waals surface area contributed by atoms with Crippen LogP contribution in [-0.4, -0.2) is 19.5 Å². The van der Waals surface area contributed by atoms with Gasteiger partial charge in [0.1, 0.15) is 0 Å². The molecule has 0 aromatic heterocycles. The van der Waals surface area contributed by atoms with Crippen LogP contribution in [0.3, 0.4) is 0 Å². The van der Waals surface area contributed by atoms with Crippen LogP contribution in [-0.2, 0) is 4.79 Å². The summed E-state index contributed by atoms with van der Waals surface area (Å²) in [5, 5.41) is 3.04. The summed E-state index contributed by atoms with van der Waals surface area (Å²) in [6, 6.07) is 20.1. The van der Waals surface area contributed by atoms with Crippen LogP contribution < -0.4 is 10.2 Å². The van der Waals surface area contributed by atoms with Gasteiger partial charge < -0.3 is 10.2 Å². The van der Waals surface area contributed by atoms with Crippen molar-refractivity contribution in [1.82, 2.24) is 5.32 Å². The van der Waals surface area contributed by atoms with Gasteiger partial charge in [-0.25, -0.2) is 0 Å². The van der Waals surface area contributed by atoms with Gasteiger partial charge >= 0.3 is 0 Å². The zero-order valence-corrected chi connectivity index (χ0v) is 12.6. The van der Waals surface area contributed by atoms with E-state index in [-0.39, 0.29) is 11.9 Å². The Labute approximate surface area is 126 Å². The van der Waals surface area contributed by atoms with Crippen molar-refractivity contribution >= 4 is 11.6 Å². The van der Waals surface area contributed by atoms with Gasteiger partial charge in [-0.1, -0.05) is 48.5 Å². The molecule has 1 atom stereocenters. The Hall–Kier alpha value is -2.29. The molecule has 0 radical (unpaired) electrons. The van der Waals surface area contributed by atoms with Crippen LogP contribution >= 0.6 is 0 Å². The van der Waals surface area contributed by atoms with Crippen molar-refractivity contribution in [1.29, 1.82) is 0 Å². The van der Waals surface area contributed by atoms with E-state index in [9.17, 15) is 4.79 Å². The lowest BCUT2D eigenvalue weighted by molar-refractivity contribution is -0.121. The number of hydrogen-bond donors (Lipinski definition) is 1. The molecule has 110 valence electrons. The van der Waals surface area contributed by atoms with Gasteiger partial charge in [0, 0.05) is 25.7 Å². The van der Waals surface area contributed by atoms with Crippen LogP contribution in [0.5, 0.6) is 0 Å². The summed E-state index contributed by atoms with van der Waals surface area (Å²) in [6.07, 6.45) is 0.489. The molecule has 2 aromatic carbocycles. The number of carbonyl (C=O) groups excluding carboxylic acids is 1. The Kier molecular flexibility index (Phi) is 5.38. The molecule has 0 bridgehead atoms. The lowest BCUT2D eigenvalue weighted by Crippen LogP contribution is -2.30. The van der Waals surface area contributed by atoms with Crippen molar-refractivity contribution in [3.8, 4) is 0 Å². The van der Waals surface area contributed by atoms with Crippen LogP contribution in [0.15, 0.2) is 60.7 Å².